The third kappa shape index (κ3) is 6.73. The first-order valence-corrected chi connectivity index (χ1v) is 14.0. The van der Waals surface area contributed by atoms with E-state index in [0.29, 0.717) is 25.2 Å². The number of amides is 2. The number of carbonyl (C=O) groups excluding carboxylic acids is 1. The maximum atomic E-state index is 13.4. The molecule has 37 heavy (non-hydrogen) atoms. The number of nitrogens with zero attached hydrogens (tertiary/aromatic N) is 3. The quantitative estimate of drug-likeness (QED) is 0.266. The molecule has 0 atom stereocenters. The molecule has 4 rings (SSSR count). The second-order valence-electron chi connectivity index (χ2n) is 8.51. The van der Waals surface area contributed by atoms with Crippen molar-refractivity contribution in [1.82, 2.24) is 4.98 Å². The number of aryl methyl sites for hydroxylation is 1. The fraction of sp³-hybridized carbons (Fsp3) is 0.185. The van der Waals surface area contributed by atoms with Gasteiger partial charge in [-0.1, -0.05) is 72.0 Å². The summed E-state index contributed by atoms with van der Waals surface area (Å²) in [6.45, 7) is 2.52. The molecule has 0 aliphatic carbocycles. The summed E-state index contributed by atoms with van der Waals surface area (Å²) in [4.78, 5) is 21.2. The van der Waals surface area contributed by atoms with E-state index >= 15 is 0 Å². The standard InChI is InChI=1S/C27H29N5O3S2/c1-20-25(37(28,34)35)36-27(29-20)32(19-9-18-31(2)24-12-7-4-8-13-24)26(33)30-23-16-14-22(15-17-23)21-10-5-3-6-11-21/h3-8,10-17H,9,18-19H2,1-2H3,(H3,28,30,33,34,35)/p-1. The number of rotatable bonds is 9. The van der Waals surface area contributed by atoms with Crippen molar-refractivity contribution in [3.05, 3.63) is 95.8 Å². The minimum Gasteiger partial charge on any atom is -0.559 e. The zero-order valence-electron chi connectivity index (χ0n) is 20.6. The molecule has 0 bridgehead atoms. The molecule has 0 radical (unpaired) electrons. The first-order chi connectivity index (χ1) is 17.7. The lowest BCUT2D eigenvalue weighted by molar-refractivity contribution is 0.257. The van der Waals surface area contributed by atoms with E-state index in [1.165, 1.54) is 11.8 Å². The highest BCUT2D eigenvalue weighted by Gasteiger charge is 2.23. The van der Waals surface area contributed by atoms with Gasteiger partial charge in [0.05, 0.1) is 5.69 Å². The minimum atomic E-state index is -4.19. The number of carbonyl (C=O) groups is 1. The molecule has 0 aliphatic heterocycles. The van der Waals surface area contributed by atoms with Crippen LogP contribution in [0.15, 0.2) is 89.1 Å². The van der Waals surface area contributed by atoms with Crippen molar-refractivity contribution < 1.29 is 13.2 Å². The van der Waals surface area contributed by atoms with Crippen molar-refractivity contribution in [1.29, 1.82) is 0 Å². The summed E-state index contributed by atoms with van der Waals surface area (Å²) in [7, 11) is -2.21. The Labute approximate surface area is 221 Å². The molecule has 0 spiro atoms. The largest absolute Gasteiger partial charge is 0.559 e. The molecule has 2 amide bonds. The number of para-hydroxylation sites is 1. The maximum absolute atomic E-state index is 13.4. The maximum Gasteiger partial charge on any atom is 0.328 e. The second kappa shape index (κ2) is 11.5. The topological polar surface area (TPSA) is 106 Å². The molecule has 8 nitrogen and oxygen atoms in total. The van der Waals surface area contributed by atoms with Crippen LogP contribution in [0.1, 0.15) is 12.1 Å². The van der Waals surface area contributed by atoms with Crippen molar-refractivity contribution in [2.45, 2.75) is 17.6 Å². The summed E-state index contributed by atoms with van der Waals surface area (Å²) in [5, 5.41) is 10.6. The molecule has 0 unspecified atom stereocenters. The fourth-order valence-corrected chi connectivity index (χ4v) is 5.79. The number of nitrogens with one attached hydrogen (secondary N) is 2. The lowest BCUT2D eigenvalue weighted by Crippen LogP contribution is -2.37. The second-order valence-corrected chi connectivity index (χ2v) is 11.2. The minimum absolute atomic E-state index is 0.158. The molecule has 0 fully saturated rings. The van der Waals surface area contributed by atoms with Gasteiger partial charge in [-0.2, -0.15) is 0 Å². The summed E-state index contributed by atoms with van der Waals surface area (Å²) in [6, 6.07) is 27.0. The Morgan fingerprint density at radius 3 is 2.11 bits per heavy atom. The van der Waals surface area contributed by atoms with Gasteiger partial charge >= 0.3 is 6.03 Å². The Bertz CT molecular complexity index is 1440. The van der Waals surface area contributed by atoms with Crippen LogP contribution in [0.25, 0.3) is 16.3 Å². The molecule has 10 heteroatoms. The summed E-state index contributed by atoms with van der Waals surface area (Å²) in [5.41, 5.74) is 3.98. The van der Waals surface area contributed by atoms with Crippen molar-refractivity contribution in [3.8, 4) is 11.1 Å². The van der Waals surface area contributed by atoms with Gasteiger partial charge in [-0.3, -0.25) is 4.90 Å². The van der Waals surface area contributed by atoms with Crippen molar-refractivity contribution in [3.63, 3.8) is 0 Å². The van der Waals surface area contributed by atoms with Crippen LogP contribution in [0.3, 0.4) is 0 Å². The van der Waals surface area contributed by atoms with Gasteiger partial charge in [0.1, 0.15) is 14.2 Å². The van der Waals surface area contributed by atoms with Crippen LogP contribution in [-0.4, -0.2) is 39.6 Å². The molecule has 0 saturated carbocycles. The Morgan fingerprint density at radius 2 is 1.51 bits per heavy atom. The van der Waals surface area contributed by atoms with Gasteiger partial charge in [0, 0.05) is 31.5 Å². The number of hydrogen-bond donors (Lipinski definition) is 1. The lowest BCUT2D eigenvalue weighted by atomic mass is 10.1. The predicted octanol–water partition coefficient (Wildman–Crippen LogP) is 6.42. The zero-order chi connectivity index (χ0) is 26.4. The van der Waals surface area contributed by atoms with Gasteiger partial charge in [0.2, 0.25) is 0 Å². The summed E-state index contributed by atoms with van der Waals surface area (Å²) in [5.74, 6) is 0. The Balaban J connectivity index is 1.51. The molecular weight excluding hydrogens is 506 g/mol. The van der Waals surface area contributed by atoms with Crippen LogP contribution in [0.4, 0.5) is 21.3 Å². The highest BCUT2D eigenvalue weighted by molar-refractivity contribution is 7.95. The SMILES string of the molecule is Cc1nc(N(CCCN(C)c2ccccc2)C(=O)Nc2ccc(-c3ccccc3)cc2)sc1S([NH-])(=O)=O. The van der Waals surface area contributed by atoms with Gasteiger partial charge in [-0.25, -0.2) is 18.2 Å². The van der Waals surface area contributed by atoms with E-state index in [0.717, 1.165) is 28.2 Å². The number of urea groups is 1. The number of hydrogen-bond acceptors (Lipinski definition) is 6. The van der Waals surface area contributed by atoms with Gasteiger partial charge in [0.25, 0.3) is 0 Å². The number of sulfonamides is 1. The van der Waals surface area contributed by atoms with Crippen LogP contribution >= 0.6 is 11.3 Å². The van der Waals surface area contributed by atoms with E-state index in [4.69, 9.17) is 5.14 Å². The molecule has 0 saturated heterocycles. The van der Waals surface area contributed by atoms with E-state index in [9.17, 15) is 13.2 Å². The van der Waals surface area contributed by atoms with Crippen LogP contribution in [-0.2, 0) is 10.0 Å². The van der Waals surface area contributed by atoms with E-state index in [2.05, 4.69) is 15.2 Å². The van der Waals surface area contributed by atoms with Crippen LogP contribution in [0.5, 0.6) is 0 Å². The van der Waals surface area contributed by atoms with Crippen molar-refractivity contribution in [2.24, 2.45) is 0 Å². The number of aromatic nitrogens is 1. The van der Waals surface area contributed by atoms with Gasteiger partial charge in [-0.05, 0) is 48.7 Å². The molecule has 1 heterocycles. The summed E-state index contributed by atoms with van der Waals surface area (Å²) >= 11 is 0.833. The first kappa shape index (κ1) is 26.3. The molecule has 1 aromatic heterocycles. The van der Waals surface area contributed by atoms with Gasteiger partial charge in [-0.15, -0.1) is 0 Å². The third-order valence-corrected chi connectivity index (χ3v) is 8.45. The molecule has 2 N–H and O–H groups in total. The molecule has 3 aromatic carbocycles. The van der Waals surface area contributed by atoms with Crippen LogP contribution in [0.2, 0.25) is 0 Å². The van der Waals surface area contributed by atoms with Crippen LogP contribution in [0, 0.1) is 6.92 Å². The number of thiazole rings is 1. The van der Waals surface area contributed by atoms with E-state index in [-0.39, 0.29) is 15.0 Å². The third-order valence-electron chi connectivity index (χ3n) is 5.78. The van der Waals surface area contributed by atoms with Crippen molar-refractivity contribution >= 4 is 43.9 Å². The average molecular weight is 535 g/mol. The van der Waals surface area contributed by atoms with E-state index < -0.39 is 16.1 Å². The number of anilines is 3. The Hall–Kier alpha value is -3.73. The molecule has 4 aromatic rings. The highest BCUT2D eigenvalue weighted by Crippen LogP contribution is 2.31. The fourth-order valence-electron chi connectivity index (χ4n) is 3.86. The molecular formula is C27H28N5O3S2-. The molecule has 0 aliphatic rings. The Morgan fingerprint density at radius 1 is 0.919 bits per heavy atom. The Kier molecular flexibility index (Phi) is 8.22. The van der Waals surface area contributed by atoms with Crippen LogP contribution < -0.4 is 15.1 Å². The monoisotopic (exact) mass is 534 g/mol. The normalized spacial score (nSPS) is 11.2. The average Bonchev–Trinajstić information content (AvgIpc) is 3.29. The van der Waals surface area contributed by atoms with Gasteiger partial charge in [0.15, 0.2) is 5.13 Å². The first-order valence-electron chi connectivity index (χ1n) is 11.7. The summed E-state index contributed by atoms with van der Waals surface area (Å²) < 4.78 is 23.6. The highest BCUT2D eigenvalue weighted by atomic mass is 32.2. The molecule has 192 valence electrons. The smallest absolute Gasteiger partial charge is 0.328 e. The lowest BCUT2D eigenvalue weighted by Gasteiger charge is -2.23. The van der Waals surface area contributed by atoms with Crippen molar-refractivity contribution in [2.75, 3.05) is 35.3 Å². The number of benzene rings is 3. The van der Waals surface area contributed by atoms with E-state index in [1.807, 2.05) is 92.0 Å². The summed E-state index contributed by atoms with van der Waals surface area (Å²) in [6.07, 6.45) is 0.618. The van der Waals surface area contributed by atoms with Gasteiger partial charge < -0.3 is 15.4 Å². The predicted molar refractivity (Wildman–Crippen MR) is 151 cm³/mol. The van der Waals surface area contributed by atoms with E-state index in [1.54, 1.807) is 0 Å². The zero-order valence-corrected chi connectivity index (χ0v) is 22.2.